The van der Waals surface area contributed by atoms with Crippen LogP contribution in [0, 0.1) is 0 Å². The largest absolute Gasteiger partial charge is 0.497 e. The smallest absolute Gasteiger partial charge is 0.255 e. The van der Waals surface area contributed by atoms with Crippen molar-refractivity contribution >= 4 is 5.91 Å². The van der Waals surface area contributed by atoms with Crippen LogP contribution in [0.1, 0.15) is 21.5 Å². The average molecular weight is 370 g/mol. The van der Waals surface area contributed by atoms with Crippen molar-refractivity contribution < 1.29 is 19.0 Å². The van der Waals surface area contributed by atoms with Crippen LogP contribution in [0.3, 0.4) is 0 Å². The Morgan fingerprint density at radius 1 is 1.07 bits per heavy atom. The summed E-state index contributed by atoms with van der Waals surface area (Å²) < 4.78 is 15.9. The van der Waals surface area contributed by atoms with E-state index in [0.717, 1.165) is 38.4 Å². The molecule has 0 atom stereocenters. The molecule has 1 N–H and O–H groups in total. The second kappa shape index (κ2) is 9.39. The van der Waals surface area contributed by atoms with Crippen molar-refractivity contribution in [2.45, 2.75) is 13.1 Å². The number of carbonyl (C=O) groups is 1. The molecule has 1 saturated heterocycles. The molecule has 2 aromatic carbocycles. The highest BCUT2D eigenvalue weighted by atomic mass is 16.5. The molecule has 1 aliphatic rings. The Labute approximate surface area is 160 Å². The third kappa shape index (κ3) is 4.99. The lowest BCUT2D eigenvalue weighted by Gasteiger charge is -2.27. The second-order valence-corrected chi connectivity index (χ2v) is 6.41. The molecule has 0 radical (unpaired) electrons. The van der Waals surface area contributed by atoms with Crippen molar-refractivity contribution in [1.29, 1.82) is 0 Å². The van der Waals surface area contributed by atoms with Crippen LogP contribution in [0.4, 0.5) is 0 Å². The van der Waals surface area contributed by atoms with E-state index in [1.54, 1.807) is 32.4 Å². The summed E-state index contributed by atoms with van der Waals surface area (Å²) in [6.07, 6.45) is 0. The van der Waals surface area contributed by atoms with Crippen LogP contribution in [-0.2, 0) is 17.8 Å². The molecular weight excluding hydrogens is 344 g/mol. The van der Waals surface area contributed by atoms with E-state index in [9.17, 15) is 4.79 Å². The number of amides is 1. The quantitative estimate of drug-likeness (QED) is 0.811. The van der Waals surface area contributed by atoms with E-state index >= 15 is 0 Å². The summed E-state index contributed by atoms with van der Waals surface area (Å²) in [6.45, 7) is 4.73. The molecule has 0 saturated carbocycles. The first-order valence-electron chi connectivity index (χ1n) is 9.08. The third-order valence-electron chi connectivity index (χ3n) is 4.71. The van der Waals surface area contributed by atoms with Crippen molar-refractivity contribution in [1.82, 2.24) is 10.2 Å². The van der Waals surface area contributed by atoms with Gasteiger partial charge in [0.05, 0.1) is 33.0 Å². The highest BCUT2D eigenvalue weighted by Gasteiger charge is 2.16. The highest BCUT2D eigenvalue weighted by molar-refractivity contribution is 5.97. The average Bonchev–Trinajstić information content (AvgIpc) is 2.73. The number of morpholine rings is 1. The fourth-order valence-corrected chi connectivity index (χ4v) is 3.15. The Bertz CT molecular complexity index is 773. The number of rotatable bonds is 7. The van der Waals surface area contributed by atoms with Gasteiger partial charge in [0.15, 0.2) is 0 Å². The van der Waals surface area contributed by atoms with Gasteiger partial charge < -0.3 is 19.5 Å². The van der Waals surface area contributed by atoms with Crippen LogP contribution in [-0.4, -0.2) is 51.3 Å². The summed E-state index contributed by atoms with van der Waals surface area (Å²) in [5.74, 6) is 0.954. The minimum absolute atomic E-state index is 0.188. The summed E-state index contributed by atoms with van der Waals surface area (Å²) in [5, 5.41) is 3.00. The summed E-state index contributed by atoms with van der Waals surface area (Å²) in [7, 11) is 3.13. The molecule has 0 bridgehead atoms. The third-order valence-corrected chi connectivity index (χ3v) is 4.71. The van der Waals surface area contributed by atoms with Crippen molar-refractivity contribution in [3.05, 3.63) is 59.2 Å². The maximum atomic E-state index is 12.7. The number of hydrogen-bond donors (Lipinski definition) is 1. The summed E-state index contributed by atoms with van der Waals surface area (Å²) >= 11 is 0. The van der Waals surface area contributed by atoms with Crippen molar-refractivity contribution in [2.24, 2.45) is 0 Å². The minimum Gasteiger partial charge on any atom is -0.497 e. The molecule has 6 heteroatoms. The number of benzene rings is 2. The molecular formula is C21H26N2O4. The second-order valence-electron chi connectivity index (χ2n) is 6.41. The number of methoxy groups -OCH3 is 2. The van der Waals surface area contributed by atoms with E-state index in [4.69, 9.17) is 14.2 Å². The summed E-state index contributed by atoms with van der Waals surface area (Å²) in [5.41, 5.74) is 2.79. The molecule has 2 aromatic rings. The van der Waals surface area contributed by atoms with Gasteiger partial charge in [0, 0.05) is 26.2 Å². The van der Waals surface area contributed by atoms with Gasteiger partial charge in [0.25, 0.3) is 5.91 Å². The van der Waals surface area contributed by atoms with Gasteiger partial charge >= 0.3 is 0 Å². The lowest BCUT2D eigenvalue weighted by Crippen LogP contribution is -2.36. The number of ether oxygens (including phenoxy) is 3. The monoisotopic (exact) mass is 370 g/mol. The van der Waals surface area contributed by atoms with Crippen LogP contribution in [0.15, 0.2) is 42.5 Å². The van der Waals surface area contributed by atoms with E-state index in [1.807, 2.05) is 12.1 Å². The van der Waals surface area contributed by atoms with Gasteiger partial charge in [0.1, 0.15) is 11.5 Å². The zero-order valence-corrected chi connectivity index (χ0v) is 15.9. The van der Waals surface area contributed by atoms with Gasteiger partial charge in [-0.05, 0) is 29.3 Å². The predicted molar refractivity (Wildman–Crippen MR) is 103 cm³/mol. The van der Waals surface area contributed by atoms with Gasteiger partial charge in [-0.15, -0.1) is 0 Å². The summed E-state index contributed by atoms with van der Waals surface area (Å²) in [4.78, 5) is 15.1. The Balaban J connectivity index is 1.69. The molecule has 144 valence electrons. The van der Waals surface area contributed by atoms with Crippen molar-refractivity contribution in [3.8, 4) is 11.5 Å². The molecule has 1 heterocycles. The zero-order chi connectivity index (χ0) is 19.1. The highest BCUT2D eigenvalue weighted by Crippen LogP contribution is 2.24. The first-order chi connectivity index (χ1) is 13.2. The first-order valence-corrected chi connectivity index (χ1v) is 9.08. The fraction of sp³-hybridized carbons (Fsp3) is 0.381. The van der Waals surface area contributed by atoms with Gasteiger partial charge in [-0.2, -0.15) is 0 Å². The molecule has 27 heavy (non-hydrogen) atoms. The Morgan fingerprint density at radius 3 is 2.52 bits per heavy atom. The maximum Gasteiger partial charge on any atom is 0.255 e. The molecule has 0 spiro atoms. The molecule has 6 nitrogen and oxygen atoms in total. The molecule has 0 unspecified atom stereocenters. The van der Waals surface area contributed by atoms with E-state index in [-0.39, 0.29) is 5.91 Å². The number of nitrogens with one attached hydrogen (secondary N) is 1. The first kappa shape index (κ1) is 19.2. The number of hydrogen-bond acceptors (Lipinski definition) is 5. The topological polar surface area (TPSA) is 60.0 Å². The minimum atomic E-state index is -0.188. The van der Waals surface area contributed by atoms with Crippen LogP contribution < -0.4 is 14.8 Å². The van der Waals surface area contributed by atoms with E-state index in [1.165, 1.54) is 5.56 Å². The Kier molecular flexibility index (Phi) is 6.68. The SMILES string of the molecule is COc1ccc(OC)c(C(=O)NCc2ccccc2CN2CCOCC2)c1. The van der Waals surface area contributed by atoms with Crippen LogP contribution in [0.5, 0.6) is 11.5 Å². The number of nitrogens with zero attached hydrogens (tertiary/aromatic N) is 1. The standard InChI is InChI=1S/C21H26N2O4/c1-25-18-7-8-20(26-2)19(13-18)21(24)22-14-16-5-3-4-6-17(16)15-23-9-11-27-12-10-23/h3-8,13H,9-12,14-15H2,1-2H3,(H,22,24). The van der Waals surface area contributed by atoms with Crippen LogP contribution in [0.25, 0.3) is 0 Å². The lowest BCUT2D eigenvalue weighted by molar-refractivity contribution is 0.0340. The van der Waals surface area contributed by atoms with Gasteiger partial charge in [-0.25, -0.2) is 0 Å². The van der Waals surface area contributed by atoms with Gasteiger partial charge in [0.2, 0.25) is 0 Å². The molecule has 0 aromatic heterocycles. The van der Waals surface area contributed by atoms with E-state index < -0.39 is 0 Å². The van der Waals surface area contributed by atoms with E-state index in [0.29, 0.717) is 23.6 Å². The van der Waals surface area contributed by atoms with Gasteiger partial charge in [-0.3, -0.25) is 9.69 Å². The zero-order valence-electron chi connectivity index (χ0n) is 15.9. The van der Waals surface area contributed by atoms with Gasteiger partial charge in [-0.1, -0.05) is 24.3 Å². The fourth-order valence-electron chi connectivity index (χ4n) is 3.15. The Hall–Kier alpha value is -2.57. The van der Waals surface area contributed by atoms with Crippen molar-refractivity contribution in [2.75, 3.05) is 40.5 Å². The number of carbonyl (C=O) groups excluding carboxylic acids is 1. The predicted octanol–water partition coefficient (Wildman–Crippen LogP) is 2.47. The van der Waals surface area contributed by atoms with Crippen LogP contribution >= 0.6 is 0 Å². The molecule has 3 rings (SSSR count). The maximum absolute atomic E-state index is 12.7. The lowest BCUT2D eigenvalue weighted by atomic mass is 10.1. The van der Waals surface area contributed by atoms with Crippen LogP contribution in [0.2, 0.25) is 0 Å². The molecule has 1 amide bonds. The summed E-state index contributed by atoms with van der Waals surface area (Å²) in [6, 6.07) is 13.4. The molecule has 1 aliphatic heterocycles. The molecule has 0 aliphatic carbocycles. The van der Waals surface area contributed by atoms with Crippen molar-refractivity contribution in [3.63, 3.8) is 0 Å². The van der Waals surface area contributed by atoms with E-state index in [2.05, 4.69) is 22.3 Å². The Morgan fingerprint density at radius 2 is 1.81 bits per heavy atom. The molecule has 1 fully saturated rings. The normalized spacial score (nSPS) is 14.6.